The van der Waals surface area contributed by atoms with Crippen LogP contribution in [0.1, 0.15) is 25.0 Å². The Morgan fingerprint density at radius 1 is 1.48 bits per heavy atom. The van der Waals surface area contributed by atoms with E-state index in [1.165, 1.54) is 12.1 Å². The maximum atomic E-state index is 12.4. The number of rotatable bonds is 4. The van der Waals surface area contributed by atoms with Gasteiger partial charge in [0.05, 0.1) is 11.4 Å². The number of pyridine rings is 1. The van der Waals surface area contributed by atoms with E-state index in [-0.39, 0.29) is 17.4 Å². The minimum atomic E-state index is -3.95. The van der Waals surface area contributed by atoms with Gasteiger partial charge in [-0.1, -0.05) is 11.6 Å². The number of nitrogens with zero attached hydrogens (tertiary/aromatic N) is 2. The van der Waals surface area contributed by atoms with Crippen LogP contribution in [-0.2, 0) is 15.0 Å². The topological polar surface area (TPSA) is 99.6 Å². The summed E-state index contributed by atoms with van der Waals surface area (Å²) in [6, 6.07) is 1.94. The maximum absolute atomic E-state index is 12.4. The number of aromatic nitrogens is 1. The van der Waals surface area contributed by atoms with Crippen molar-refractivity contribution in [2.45, 2.75) is 32.2 Å². The van der Waals surface area contributed by atoms with E-state index in [4.69, 9.17) is 16.7 Å². The fourth-order valence-electron chi connectivity index (χ4n) is 2.28. The van der Waals surface area contributed by atoms with Crippen LogP contribution in [0.15, 0.2) is 12.1 Å². The standard InChI is InChI=1S/C12H16ClN3O4S/c1-8-9(5-6-11(13)14-8)15-21(19,20)16-7-3-2-4-10(16)12(17)18/h5-6,10,15H,2-4,7H2,1H3,(H,17,18). The third-order valence-corrected chi connectivity index (χ3v) is 5.08. The molecule has 2 N–H and O–H groups in total. The largest absolute Gasteiger partial charge is 0.480 e. The summed E-state index contributed by atoms with van der Waals surface area (Å²) in [6.45, 7) is 1.81. The second-order valence-corrected chi connectivity index (χ2v) is 6.85. The highest BCUT2D eigenvalue weighted by Gasteiger charge is 2.36. The van der Waals surface area contributed by atoms with Gasteiger partial charge in [0.25, 0.3) is 0 Å². The van der Waals surface area contributed by atoms with Gasteiger partial charge in [0.2, 0.25) is 0 Å². The van der Waals surface area contributed by atoms with Gasteiger partial charge in [-0.2, -0.15) is 12.7 Å². The lowest BCUT2D eigenvalue weighted by Crippen LogP contribution is -2.50. The predicted octanol–water partition coefficient (Wildman–Crippen LogP) is 1.64. The molecule has 21 heavy (non-hydrogen) atoms. The summed E-state index contributed by atoms with van der Waals surface area (Å²) in [5.74, 6) is -1.13. The molecular formula is C12H16ClN3O4S. The van der Waals surface area contributed by atoms with Gasteiger partial charge in [-0.05, 0) is 38.3 Å². The van der Waals surface area contributed by atoms with Crippen molar-refractivity contribution in [3.05, 3.63) is 23.0 Å². The molecule has 1 aliphatic heterocycles. The van der Waals surface area contributed by atoms with E-state index in [1.54, 1.807) is 6.92 Å². The Kier molecular flexibility index (Phi) is 4.70. The molecule has 0 amide bonds. The molecule has 1 fully saturated rings. The molecule has 1 aliphatic rings. The van der Waals surface area contributed by atoms with Crippen molar-refractivity contribution >= 4 is 33.5 Å². The highest BCUT2D eigenvalue weighted by molar-refractivity contribution is 7.90. The van der Waals surface area contributed by atoms with Gasteiger partial charge >= 0.3 is 16.2 Å². The Morgan fingerprint density at radius 3 is 2.81 bits per heavy atom. The predicted molar refractivity (Wildman–Crippen MR) is 78.5 cm³/mol. The van der Waals surface area contributed by atoms with Crippen molar-refractivity contribution < 1.29 is 18.3 Å². The number of carboxylic acids is 1. The number of piperidine rings is 1. The third-order valence-electron chi connectivity index (χ3n) is 3.34. The van der Waals surface area contributed by atoms with Crippen LogP contribution < -0.4 is 4.72 Å². The Morgan fingerprint density at radius 2 is 2.19 bits per heavy atom. The SMILES string of the molecule is Cc1nc(Cl)ccc1NS(=O)(=O)N1CCCCC1C(=O)O. The average molecular weight is 334 g/mol. The zero-order valence-corrected chi connectivity index (χ0v) is 13.0. The lowest BCUT2D eigenvalue weighted by Gasteiger charge is -2.32. The fraction of sp³-hybridized carbons (Fsp3) is 0.500. The number of hydrogen-bond donors (Lipinski definition) is 2. The number of anilines is 1. The Balaban J connectivity index is 2.26. The van der Waals surface area contributed by atoms with E-state index in [0.29, 0.717) is 25.0 Å². The van der Waals surface area contributed by atoms with Gasteiger partial charge < -0.3 is 5.11 Å². The lowest BCUT2D eigenvalue weighted by atomic mass is 10.1. The number of nitrogens with one attached hydrogen (secondary N) is 1. The van der Waals surface area contributed by atoms with Crippen LogP contribution in [0.5, 0.6) is 0 Å². The van der Waals surface area contributed by atoms with Crippen molar-refractivity contribution in [2.24, 2.45) is 0 Å². The lowest BCUT2D eigenvalue weighted by molar-refractivity contribution is -0.142. The van der Waals surface area contributed by atoms with E-state index in [2.05, 4.69) is 9.71 Å². The van der Waals surface area contributed by atoms with Crippen molar-refractivity contribution in [1.29, 1.82) is 0 Å². The summed E-state index contributed by atoms with van der Waals surface area (Å²) in [7, 11) is -3.95. The number of carboxylic acid groups (broad SMARTS) is 1. The quantitative estimate of drug-likeness (QED) is 0.816. The number of carbonyl (C=O) groups is 1. The van der Waals surface area contributed by atoms with Crippen LogP contribution in [0.3, 0.4) is 0 Å². The molecule has 7 nitrogen and oxygen atoms in total. The average Bonchev–Trinajstić information content (AvgIpc) is 2.42. The first-order chi connectivity index (χ1) is 9.81. The highest BCUT2D eigenvalue weighted by atomic mass is 35.5. The summed E-state index contributed by atoms with van der Waals surface area (Å²) in [4.78, 5) is 15.2. The Hall–Kier alpha value is -1.38. The van der Waals surface area contributed by atoms with Gasteiger partial charge in [-0.25, -0.2) is 4.98 Å². The van der Waals surface area contributed by atoms with Gasteiger partial charge in [-0.3, -0.25) is 9.52 Å². The van der Waals surface area contributed by atoms with Crippen molar-refractivity contribution in [3.63, 3.8) is 0 Å². The zero-order valence-electron chi connectivity index (χ0n) is 11.4. The molecule has 9 heteroatoms. The molecule has 2 heterocycles. The monoisotopic (exact) mass is 333 g/mol. The summed E-state index contributed by atoms with van der Waals surface area (Å²) < 4.78 is 28.2. The van der Waals surface area contributed by atoms with E-state index in [0.717, 1.165) is 4.31 Å². The molecular weight excluding hydrogens is 318 g/mol. The number of hydrogen-bond acceptors (Lipinski definition) is 4. The molecule has 1 saturated heterocycles. The molecule has 0 saturated carbocycles. The molecule has 1 aromatic rings. The van der Waals surface area contributed by atoms with Gasteiger partial charge in [0.1, 0.15) is 11.2 Å². The van der Waals surface area contributed by atoms with Crippen molar-refractivity contribution in [1.82, 2.24) is 9.29 Å². The zero-order chi connectivity index (χ0) is 15.6. The van der Waals surface area contributed by atoms with Crippen LogP contribution in [0.4, 0.5) is 5.69 Å². The van der Waals surface area contributed by atoms with Crippen molar-refractivity contribution in [2.75, 3.05) is 11.3 Å². The molecule has 0 radical (unpaired) electrons. The second kappa shape index (κ2) is 6.17. The van der Waals surface area contributed by atoms with Gasteiger partial charge in [-0.15, -0.1) is 0 Å². The normalized spacial score (nSPS) is 20.2. The number of halogens is 1. The summed E-state index contributed by atoms with van der Waals surface area (Å²) in [5.41, 5.74) is 0.712. The van der Waals surface area contributed by atoms with Gasteiger partial charge in [0, 0.05) is 6.54 Å². The van der Waals surface area contributed by atoms with Gasteiger partial charge in [0.15, 0.2) is 0 Å². The first kappa shape index (κ1) is 16.0. The maximum Gasteiger partial charge on any atom is 0.322 e. The Labute approximate surface area is 128 Å². The Bertz CT molecular complexity index is 650. The minimum Gasteiger partial charge on any atom is -0.480 e. The van der Waals surface area contributed by atoms with Crippen LogP contribution >= 0.6 is 11.6 Å². The summed E-state index contributed by atoms with van der Waals surface area (Å²) >= 11 is 5.73. The second-order valence-electron chi connectivity index (χ2n) is 4.83. The number of aliphatic carboxylic acids is 1. The van der Waals surface area contributed by atoms with E-state index < -0.39 is 22.2 Å². The van der Waals surface area contributed by atoms with Crippen molar-refractivity contribution in [3.8, 4) is 0 Å². The molecule has 0 spiro atoms. The molecule has 116 valence electrons. The highest BCUT2D eigenvalue weighted by Crippen LogP contribution is 2.24. The molecule has 0 aromatic carbocycles. The number of aryl methyl sites for hydroxylation is 1. The molecule has 0 bridgehead atoms. The first-order valence-electron chi connectivity index (χ1n) is 6.47. The van der Waals surface area contributed by atoms with Crippen LogP contribution in [0, 0.1) is 6.92 Å². The third kappa shape index (κ3) is 3.63. The van der Waals surface area contributed by atoms with E-state index in [9.17, 15) is 13.2 Å². The molecule has 2 rings (SSSR count). The summed E-state index contributed by atoms with van der Waals surface area (Å²) in [5, 5.41) is 9.43. The molecule has 1 unspecified atom stereocenters. The smallest absolute Gasteiger partial charge is 0.322 e. The van der Waals surface area contributed by atoms with Crippen LogP contribution in [0.25, 0.3) is 0 Å². The minimum absolute atomic E-state index is 0.187. The molecule has 1 aromatic heterocycles. The molecule has 0 aliphatic carbocycles. The first-order valence-corrected chi connectivity index (χ1v) is 8.28. The molecule has 1 atom stereocenters. The van der Waals surface area contributed by atoms with E-state index >= 15 is 0 Å². The van der Waals surface area contributed by atoms with Crippen LogP contribution in [-0.4, -0.2) is 41.4 Å². The summed E-state index contributed by atoms with van der Waals surface area (Å²) in [6.07, 6.45) is 1.65. The fourth-order valence-corrected chi connectivity index (χ4v) is 3.98. The van der Waals surface area contributed by atoms with E-state index in [1.807, 2.05) is 0 Å². The van der Waals surface area contributed by atoms with Crippen LogP contribution in [0.2, 0.25) is 5.15 Å².